The van der Waals surface area contributed by atoms with Crippen LogP contribution in [-0.2, 0) is 14.3 Å². The number of esters is 1. The van der Waals surface area contributed by atoms with Gasteiger partial charge in [-0.05, 0) is 19.9 Å². The molecule has 1 heterocycles. The second kappa shape index (κ2) is 5.59. The number of hydrogen-bond acceptors (Lipinski definition) is 4. The van der Waals surface area contributed by atoms with Gasteiger partial charge in [-0.25, -0.2) is 0 Å². The summed E-state index contributed by atoms with van der Waals surface area (Å²) in [5.74, 6) is -0.445. The van der Waals surface area contributed by atoms with Gasteiger partial charge in [0.25, 0.3) is 0 Å². The average Bonchev–Trinajstić information content (AvgIpc) is 2.67. The molecule has 0 aromatic carbocycles. The molecule has 80 valence electrons. The number of ether oxygens (including phenoxy) is 1. The van der Waals surface area contributed by atoms with Gasteiger partial charge in [0.2, 0.25) is 5.91 Å². The van der Waals surface area contributed by atoms with Crippen molar-refractivity contribution in [2.45, 2.75) is 13.3 Å². The van der Waals surface area contributed by atoms with Gasteiger partial charge in [-0.3, -0.25) is 9.59 Å². The molecule has 0 radical (unpaired) electrons. The van der Waals surface area contributed by atoms with Crippen molar-refractivity contribution in [2.75, 3.05) is 26.2 Å². The summed E-state index contributed by atoms with van der Waals surface area (Å²) in [5, 5.41) is 5.64. The Labute approximate surface area is 83.2 Å². The highest BCUT2D eigenvalue weighted by molar-refractivity contribution is 5.83. The highest BCUT2D eigenvalue weighted by atomic mass is 16.5. The lowest BCUT2D eigenvalue weighted by molar-refractivity contribution is -0.143. The van der Waals surface area contributed by atoms with Crippen LogP contribution in [0.3, 0.4) is 0 Å². The molecule has 0 aromatic rings. The van der Waals surface area contributed by atoms with Crippen molar-refractivity contribution in [3.05, 3.63) is 0 Å². The minimum absolute atomic E-state index is 0.00410. The molecule has 2 N–H and O–H groups in total. The average molecular weight is 200 g/mol. The molecule has 1 amide bonds. The Morgan fingerprint density at radius 1 is 1.57 bits per heavy atom. The Bertz CT molecular complexity index is 212. The topological polar surface area (TPSA) is 67.4 Å². The third kappa shape index (κ3) is 3.33. The molecule has 5 nitrogen and oxygen atoms in total. The van der Waals surface area contributed by atoms with Crippen LogP contribution in [0, 0.1) is 5.92 Å². The summed E-state index contributed by atoms with van der Waals surface area (Å²) in [6.07, 6.45) is 0.842. The standard InChI is InChI=1S/C9H16N2O3/c1-2-14-8(12)6-11-9(13)7-3-4-10-5-7/h7,10H,2-6H2,1H3,(H,11,13). The van der Waals surface area contributed by atoms with Crippen molar-refractivity contribution in [1.82, 2.24) is 10.6 Å². The van der Waals surface area contributed by atoms with Gasteiger partial charge < -0.3 is 15.4 Å². The summed E-state index contributed by atoms with van der Waals surface area (Å²) in [5.41, 5.74) is 0. The van der Waals surface area contributed by atoms with E-state index in [9.17, 15) is 9.59 Å². The van der Waals surface area contributed by atoms with Gasteiger partial charge in [-0.1, -0.05) is 0 Å². The number of nitrogens with one attached hydrogen (secondary N) is 2. The molecule has 0 aromatic heterocycles. The summed E-state index contributed by atoms with van der Waals surface area (Å²) in [6.45, 7) is 3.63. The minimum atomic E-state index is -0.383. The van der Waals surface area contributed by atoms with E-state index in [0.717, 1.165) is 13.0 Å². The SMILES string of the molecule is CCOC(=O)CNC(=O)C1CCNC1. The first-order valence-electron chi connectivity index (χ1n) is 4.88. The largest absolute Gasteiger partial charge is 0.465 e. The molecule has 1 aliphatic heterocycles. The van der Waals surface area contributed by atoms with Crippen LogP contribution in [0.1, 0.15) is 13.3 Å². The molecule has 0 bridgehead atoms. The molecule has 1 aliphatic rings. The predicted molar refractivity (Wildman–Crippen MR) is 50.6 cm³/mol. The fourth-order valence-electron chi connectivity index (χ4n) is 1.39. The van der Waals surface area contributed by atoms with Crippen LogP contribution in [0.15, 0.2) is 0 Å². The highest BCUT2D eigenvalue weighted by Crippen LogP contribution is 2.06. The first kappa shape index (κ1) is 11.0. The normalized spacial score (nSPS) is 20.5. The highest BCUT2D eigenvalue weighted by Gasteiger charge is 2.22. The lowest BCUT2D eigenvalue weighted by Crippen LogP contribution is -2.36. The van der Waals surface area contributed by atoms with Gasteiger partial charge in [0.1, 0.15) is 6.54 Å². The quantitative estimate of drug-likeness (QED) is 0.587. The number of rotatable bonds is 4. The van der Waals surface area contributed by atoms with E-state index in [2.05, 4.69) is 15.4 Å². The molecule has 14 heavy (non-hydrogen) atoms. The fourth-order valence-corrected chi connectivity index (χ4v) is 1.39. The molecule has 5 heteroatoms. The van der Waals surface area contributed by atoms with E-state index < -0.39 is 0 Å². The molecular formula is C9H16N2O3. The second-order valence-electron chi connectivity index (χ2n) is 3.21. The maximum atomic E-state index is 11.4. The van der Waals surface area contributed by atoms with Gasteiger partial charge >= 0.3 is 5.97 Å². The molecule has 1 unspecified atom stereocenters. The van der Waals surface area contributed by atoms with Crippen LogP contribution < -0.4 is 10.6 Å². The Hall–Kier alpha value is -1.10. The zero-order valence-electron chi connectivity index (χ0n) is 8.34. The molecule has 0 spiro atoms. The molecule has 1 rings (SSSR count). The number of amides is 1. The lowest BCUT2D eigenvalue weighted by atomic mass is 10.1. The first-order chi connectivity index (χ1) is 6.74. The van der Waals surface area contributed by atoms with Crippen molar-refractivity contribution in [2.24, 2.45) is 5.92 Å². The van der Waals surface area contributed by atoms with Gasteiger partial charge in [0.05, 0.1) is 12.5 Å². The van der Waals surface area contributed by atoms with Gasteiger partial charge in [0.15, 0.2) is 0 Å². The molecule has 0 aliphatic carbocycles. The number of carbonyl (C=O) groups is 2. The van der Waals surface area contributed by atoms with Crippen molar-refractivity contribution in [3.8, 4) is 0 Å². The summed E-state index contributed by atoms with van der Waals surface area (Å²) < 4.78 is 4.69. The summed E-state index contributed by atoms with van der Waals surface area (Å²) in [6, 6.07) is 0. The van der Waals surface area contributed by atoms with Crippen molar-refractivity contribution in [3.63, 3.8) is 0 Å². The number of carbonyl (C=O) groups excluding carboxylic acids is 2. The summed E-state index contributed by atoms with van der Waals surface area (Å²) in [7, 11) is 0. The van der Waals surface area contributed by atoms with Gasteiger partial charge in [0, 0.05) is 6.54 Å². The third-order valence-electron chi connectivity index (χ3n) is 2.14. The summed E-state index contributed by atoms with van der Waals surface area (Å²) >= 11 is 0. The van der Waals surface area contributed by atoms with E-state index in [0.29, 0.717) is 13.2 Å². The van der Waals surface area contributed by atoms with Crippen LogP contribution in [0.4, 0.5) is 0 Å². The first-order valence-corrected chi connectivity index (χ1v) is 4.88. The second-order valence-corrected chi connectivity index (χ2v) is 3.21. The maximum absolute atomic E-state index is 11.4. The Morgan fingerprint density at radius 3 is 2.93 bits per heavy atom. The van der Waals surface area contributed by atoms with E-state index in [1.165, 1.54) is 0 Å². The van der Waals surface area contributed by atoms with Gasteiger partial charge in [-0.2, -0.15) is 0 Å². The predicted octanol–water partition coefficient (Wildman–Crippen LogP) is -0.725. The fraction of sp³-hybridized carbons (Fsp3) is 0.778. The minimum Gasteiger partial charge on any atom is -0.465 e. The van der Waals surface area contributed by atoms with E-state index in [4.69, 9.17) is 0 Å². The van der Waals surface area contributed by atoms with E-state index in [-0.39, 0.29) is 24.3 Å². The molecule has 1 atom stereocenters. The van der Waals surface area contributed by atoms with Crippen LogP contribution in [0.5, 0.6) is 0 Å². The Kier molecular flexibility index (Phi) is 4.39. The number of hydrogen-bond donors (Lipinski definition) is 2. The zero-order chi connectivity index (χ0) is 10.4. The summed E-state index contributed by atoms with van der Waals surface area (Å²) in [4.78, 5) is 22.3. The van der Waals surface area contributed by atoms with Crippen LogP contribution in [0.2, 0.25) is 0 Å². The Morgan fingerprint density at radius 2 is 2.36 bits per heavy atom. The van der Waals surface area contributed by atoms with E-state index in [1.807, 2.05) is 0 Å². The lowest BCUT2D eigenvalue weighted by Gasteiger charge is -2.08. The van der Waals surface area contributed by atoms with E-state index in [1.54, 1.807) is 6.92 Å². The molecular weight excluding hydrogens is 184 g/mol. The third-order valence-corrected chi connectivity index (χ3v) is 2.14. The van der Waals surface area contributed by atoms with Crippen molar-refractivity contribution >= 4 is 11.9 Å². The van der Waals surface area contributed by atoms with Crippen LogP contribution >= 0.6 is 0 Å². The Balaban J connectivity index is 2.17. The maximum Gasteiger partial charge on any atom is 0.325 e. The van der Waals surface area contributed by atoms with Crippen LogP contribution in [-0.4, -0.2) is 38.1 Å². The van der Waals surface area contributed by atoms with Crippen molar-refractivity contribution in [1.29, 1.82) is 0 Å². The van der Waals surface area contributed by atoms with Crippen molar-refractivity contribution < 1.29 is 14.3 Å². The molecule has 0 saturated carbocycles. The van der Waals surface area contributed by atoms with E-state index >= 15 is 0 Å². The van der Waals surface area contributed by atoms with Crippen LogP contribution in [0.25, 0.3) is 0 Å². The van der Waals surface area contributed by atoms with Gasteiger partial charge in [-0.15, -0.1) is 0 Å². The zero-order valence-corrected chi connectivity index (χ0v) is 8.34. The monoisotopic (exact) mass is 200 g/mol. The smallest absolute Gasteiger partial charge is 0.325 e. The molecule has 1 saturated heterocycles. The molecule has 1 fully saturated rings.